The summed E-state index contributed by atoms with van der Waals surface area (Å²) in [6.07, 6.45) is 1.85. The van der Waals surface area contributed by atoms with Crippen molar-refractivity contribution in [3.63, 3.8) is 0 Å². The van der Waals surface area contributed by atoms with Crippen molar-refractivity contribution >= 4 is 33.2 Å². The van der Waals surface area contributed by atoms with E-state index in [1.807, 2.05) is 6.26 Å². The SMILES string of the molecule is CSCC(C)NS(=O)(=O)c1cc([N+](=O)[O-])ccc1NN. The van der Waals surface area contributed by atoms with Crippen LogP contribution in [0.25, 0.3) is 0 Å². The first-order chi connectivity index (χ1) is 9.31. The Hall–Kier alpha value is -1.36. The minimum atomic E-state index is -3.89. The number of benzene rings is 1. The predicted molar refractivity (Wildman–Crippen MR) is 79.1 cm³/mol. The molecule has 1 unspecified atom stereocenters. The Labute approximate surface area is 121 Å². The van der Waals surface area contributed by atoms with Gasteiger partial charge in [-0.3, -0.25) is 16.0 Å². The lowest BCUT2D eigenvalue weighted by Gasteiger charge is -2.15. The predicted octanol–water partition coefficient (Wildman–Crippen LogP) is 0.910. The zero-order chi connectivity index (χ0) is 15.3. The molecule has 10 heteroatoms. The third-order valence-corrected chi connectivity index (χ3v) is 4.86. The molecular formula is C10H16N4O4S2. The van der Waals surface area contributed by atoms with Crippen molar-refractivity contribution in [3.8, 4) is 0 Å². The van der Waals surface area contributed by atoms with Gasteiger partial charge in [0.1, 0.15) is 4.90 Å². The van der Waals surface area contributed by atoms with Crippen molar-refractivity contribution in [2.45, 2.75) is 17.9 Å². The number of thioether (sulfide) groups is 1. The number of rotatable bonds is 7. The zero-order valence-corrected chi connectivity index (χ0v) is 12.6. The standard InChI is InChI=1S/C10H16N4O4S2/c1-7(6-19-2)13-20(17,18)10-5-8(14(15)16)3-4-9(10)12-11/h3-5,7,12-13H,6,11H2,1-2H3. The second kappa shape index (κ2) is 6.88. The van der Waals surface area contributed by atoms with Crippen LogP contribution in [0.5, 0.6) is 0 Å². The van der Waals surface area contributed by atoms with Crippen molar-refractivity contribution in [2.75, 3.05) is 17.4 Å². The molecule has 112 valence electrons. The third-order valence-electron chi connectivity index (χ3n) is 2.39. The fourth-order valence-corrected chi connectivity index (χ4v) is 3.70. The molecule has 0 saturated carbocycles. The van der Waals surface area contributed by atoms with Crippen LogP contribution in [-0.2, 0) is 10.0 Å². The molecule has 4 N–H and O–H groups in total. The molecule has 1 aromatic carbocycles. The quantitative estimate of drug-likeness (QED) is 0.387. The number of hydrazine groups is 1. The van der Waals surface area contributed by atoms with Crippen molar-refractivity contribution in [2.24, 2.45) is 5.84 Å². The number of nitro benzene ring substituents is 1. The maximum atomic E-state index is 12.2. The Bertz CT molecular complexity index is 591. The Morgan fingerprint density at radius 2 is 2.15 bits per heavy atom. The van der Waals surface area contributed by atoms with E-state index in [1.54, 1.807) is 6.92 Å². The lowest BCUT2D eigenvalue weighted by molar-refractivity contribution is -0.385. The fourth-order valence-electron chi connectivity index (χ4n) is 1.58. The monoisotopic (exact) mass is 320 g/mol. The van der Waals surface area contributed by atoms with Crippen LogP contribution in [0.15, 0.2) is 23.1 Å². The second-order valence-electron chi connectivity index (χ2n) is 4.06. The third kappa shape index (κ3) is 4.07. The number of nitrogens with one attached hydrogen (secondary N) is 2. The molecule has 0 spiro atoms. The van der Waals surface area contributed by atoms with Gasteiger partial charge in [0, 0.05) is 23.9 Å². The van der Waals surface area contributed by atoms with Gasteiger partial charge in [0.25, 0.3) is 5.69 Å². The van der Waals surface area contributed by atoms with Crippen molar-refractivity contribution in [1.82, 2.24) is 4.72 Å². The number of nitro groups is 1. The molecule has 0 aromatic heterocycles. The number of nitrogens with two attached hydrogens (primary N) is 1. The molecule has 0 heterocycles. The van der Waals surface area contributed by atoms with Gasteiger partial charge in [-0.05, 0) is 19.2 Å². The number of nitrogens with zero attached hydrogens (tertiary/aromatic N) is 1. The van der Waals surface area contributed by atoms with Gasteiger partial charge >= 0.3 is 0 Å². The summed E-state index contributed by atoms with van der Waals surface area (Å²) < 4.78 is 26.9. The van der Waals surface area contributed by atoms with Crippen LogP contribution in [0.4, 0.5) is 11.4 Å². The highest BCUT2D eigenvalue weighted by molar-refractivity contribution is 7.98. The Kier molecular flexibility index (Phi) is 5.74. The molecule has 0 radical (unpaired) electrons. The molecule has 0 amide bonds. The van der Waals surface area contributed by atoms with Crippen LogP contribution >= 0.6 is 11.8 Å². The van der Waals surface area contributed by atoms with Gasteiger partial charge in [-0.15, -0.1) is 0 Å². The van der Waals surface area contributed by atoms with E-state index >= 15 is 0 Å². The van der Waals surface area contributed by atoms with Gasteiger partial charge in [-0.1, -0.05) is 0 Å². The summed E-state index contributed by atoms with van der Waals surface area (Å²) in [4.78, 5) is 9.83. The minimum Gasteiger partial charge on any atom is -0.323 e. The van der Waals surface area contributed by atoms with Crippen molar-refractivity contribution in [1.29, 1.82) is 0 Å². The number of non-ortho nitro benzene ring substituents is 1. The highest BCUT2D eigenvalue weighted by Gasteiger charge is 2.23. The van der Waals surface area contributed by atoms with Crippen molar-refractivity contribution in [3.05, 3.63) is 28.3 Å². The number of sulfonamides is 1. The zero-order valence-electron chi connectivity index (χ0n) is 11.0. The van der Waals surface area contributed by atoms with E-state index in [0.717, 1.165) is 6.07 Å². The average molecular weight is 320 g/mol. The summed E-state index contributed by atoms with van der Waals surface area (Å²) in [5.74, 6) is 5.83. The summed E-state index contributed by atoms with van der Waals surface area (Å²) in [5, 5.41) is 10.7. The van der Waals surface area contributed by atoms with E-state index in [2.05, 4.69) is 10.1 Å². The molecule has 0 aliphatic heterocycles. The van der Waals surface area contributed by atoms with E-state index in [9.17, 15) is 18.5 Å². The average Bonchev–Trinajstić information content (AvgIpc) is 2.37. The molecule has 0 bridgehead atoms. The molecule has 0 fully saturated rings. The first kappa shape index (κ1) is 16.7. The lowest BCUT2D eigenvalue weighted by Crippen LogP contribution is -2.34. The maximum Gasteiger partial charge on any atom is 0.270 e. The van der Waals surface area contributed by atoms with Gasteiger partial charge in [-0.2, -0.15) is 11.8 Å². The summed E-state index contributed by atoms with van der Waals surface area (Å²) in [5.41, 5.74) is 2.01. The molecule has 8 nitrogen and oxygen atoms in total. The normalized spacial score (nSPS) is 12.9. The Balaban J connectivity index is 3.21. The first-order valence-corrected chi connectivity index (χ1v) is 8.46. The van der Waals surface area contributed by atoms with Gasteiger partial charge in [-0.25, -0.2) is 13.1 Å². The molecule has 0 aliphatic rings. The number of anilines is 1. The van der Waals surface area contributed by atoms with E-state index in [-0.39, 0.29) is 22.3 Å². The van der Waals surface area contributed by atoms with E-state index in [4.69, 9.17) is 5.84 Å². The van der Waals surface area contributed by atoms with Crippen LogP contribution in [-0.4, -0.2) is 31.4 Å². The Morgan fingerprint density at radius 1 is 1.50 bits per heavy atom. The van der Waals surface area contributed by atoms with Crippen molar-refractivity contribution < 1.29 is 13.3 Å². The summed E-state index contributed by atoms with van der Waals surface area (Å²) in [6.45, 7) is 1.71. The summed E-state index contributed by atoms with van der Waals surface area (Å²) >= 11 is 1.49. The second-order valence-corrected chi connectivity index (χ2v) is 6.65. The fraction of sp³-hybridized carbons (Fsp3) is 0.400. The summed E-state index contributed by atoms with van der Waals surface area (Å²) in [6, 6.07) is 3.11. The largest absolute Gasteiger partial charge is 0.323 e. The highest BCUT2D eigenvalue weighted by Crippen LogP contribution is 2.25. The molecule has 1 atom stereocenters. The van der Waals surface area contributed by atoms with E-state index in [1.165, 1.54) is 23.9 Å². The summed E-state index contributed by atoms with van der Waals surface area (Å²) in [7, 11) is -3.89. The molecule has 1 aromatic rings. The van der Waals surface area contributed by atoms with Crippen LogP contribution < -0.4 is 16.0 Å². The number of hydrogen-bond donors (Lipinski definition) is 3. The topological polar surface area (TPSA) is 127 Å². The maximum absolute atomic E-state index is 12.2. The van der Waals surface area contributed by atoms with Crippen LogP contribution in [0.3, 0.4) is 0 Å². The van der Waals surface area contributed by atoms with Gasteiger partial charge in [0.15, 0.2) is 0 Å². The van der Waals surface area contributed by atoms with Crippen LogP contribution in [0.2, 0.25) is 0 Å². The van der Waals surface area contributed by atoms with Gasteiger partial charge in [0.05, 0.1) is 10.6 Å². The molecule has 20 heavy (non-hydrogen) atoms. The van der Waals surface area contributed by atoms with Gasteiger partial charge in [0.2, 0.25) is 10.0 Å². The van der Waals surface area contributed by atoms with Gasteiger partial charge < -0.3 is 5.43 Å². The van der Waals surface area contributed by atoms with Crippen LogP contribution in [0.1, 0.15) is 6.92 Å². The molecule has 0 aliphatic carbocycles. The first-order valence-electron chi connectivity index (χ1n) is 5.58. The van der Waals surface area contributed by atoms with E-state index < -0.39 is 14.9 Å². The Morgan fingerprint density at radius 3 is 2.65 bits per heavy atom. The van der Waals surface area contributed by atoms with E-state index in [0.29, 0.717) is 5.75 Å². The minimum absolute atomic E-state index is 0.0967. The smallest absolute Gasteiger partial charge is 0.270 e. The lowest BCUT2D eigenvalue weighted by atomic mass is 10.3. The molecular weight excluding hydrogens is 304 g/mol. The number of nitrogen functional groups attached to an aromatic ring is 1. The molecule has 0 saturated heterocycles. The highest BCUT2D eigenvalue weighted by atomic mass is 32.2. The molecule has 1 rings (SSSR count). The number of hydrogen-bond acceptors (Lipinski definition) is 7. The van der Waals surface area contributed by atoms with Crippen LogP contribution in [0, 0.1) is 10.1 Å².